The molecule has 1 heterocycles. The Balaban J connectivity index is 2.32. The zero-order valence-electron chi connectivity index (χ0n) is 16.6. The van der Waals surface area contributed by atoms with Gasteiger partial charge in [0.15, 0.2) is 0 Å². The molecule has 0 atom stereocenters. The van der Waals surface area contributed by atoms with Crippen LogP contribution in [0.5, 0.6) is 11.5 Å². The van der Waals surface area contributed by atoms with Crippen molar-refractivity contribution >= 4 is 11.9 Å². The quantitative estimate of drug-likeness (QED) is 0.636. The maximum Gasteiger partial charge on any atom is 0.355 e. The van der Waals surface area contributed by atoms with Gasteiger partial charge in [-0.25, -0.2) is 9.59 Å². The van der Waals surface area contributed by atoms with Crippen molar-refractivity contribution in [1.82, 2.24) is 4.98 Å². The second-order valence-electron chi connectivity index (χ2n) is 6.07. The van der Waals surface area contributed by atoms with E-state index in [4.69, 9.17) is 18.9 Å². The number of esters is 2. The first-order valence-corrected chi connectivity index (χ1v) is 8.75. The van der Waals surface area contributed by atoms with Crippen LogP contribution in [0.25, 0.3) is 22.3 Å². The Morgan fingerprint density at radius 3 is 1.24 bits per heavy atom. The summed E-state index contributed by atoms with van der Waals surface area (Å²) < 4.78 is 20.3. The summed E-state index contributed by atoms with van der Waals surface area (Å²) in [6, 6.07) is 14.3. The summed E-state index contributed by atoms with van der Waals surface area (Å²) in [4.78, 5) is 27.9. The summed E-state index contributed by atoms with van der Waals surface area (Å²) in [7, 11) is 5.71. The van der Waals surface area contributed by atoms with Gasteiger partial charge in [-0.2, -0.15) is 0 Å². The number of carbonyl (C=O) groups is 2. The molecule has 2 aromatic carbocycles. The minimum absolute atomic E-state index is 0.156. The molecule has 0 saturated heterocycles. The van der Waals surface area contributed by atoms with E-state index < -0.39 is 11.9 Å². The van der Waals surface area contributed by atoms with Crippen LogP contribution < -0.4 is 9.47 Å². The van der Waals surface area contributed by atoms with Crippen molar-refractivity contribution in [2.75, 3.05) is 28.4 Å². The molecule has 0 aliphatic carbocycles. The van der Waals surface area contributed by atoms with E-state index in [1.807, 2.05) is 24.3 Å². The summed E-state index contributed by atoms with van der Waals surface area (Å²) in [6.45, 7) is 0. The first-order chi connectivity index (χ1) is 14.0. The largest absolute Gasteiger partial charge is 0.497 e. The van der Waals surface area contributed by atoms with Crippen LogP contribution >= 0.6 is 0 Å². The number of methoxy groups -OCH3 is 4. The van der Waals surface area contributed by atoms with Crippen molar-refractivity contribution in [3.63, 3.8) is 0 Å². The Bertz CT molecular complexity index is 937. The lowest BCUT2D eigenvalue weighted by Crippen LogP contribution is -2.06. The first kappa shape index (κ1) is 20.0. The minimum atomic E-state index is -0.597. The number of nitrogens with one attached hydrogen (secondary N) is 1. The molecule has 7 nitrogen and oxygen atoms in total. The van der Waals surface area contributed by atoms with Gasteiger partial charge in [0, 0.05) is 11.1 Å². The van der Waals surface area contributed by atoms with Gasteiger partial charge in [0.1, 0.15) is 22.9 Å². The summed E-state index contributed by atoms with van der Waals surface area (Å²) in [5.41, 5.74) is 2.80. The minimum Gasteiger partial charge on any atom is -0.497 e. The van der Waals surface area contributed by atoms with Crippen LogP contribution in [0.15, 0.2) is 48.5 Å². The molecule has 0 unspecified atom stereocenters. The lowest BCUT2D eigenvalue weighted by atomic mass is 9.94. The van der Waals surface area contributed by atoms with Gasteiger partial charge >= 0.3 is 11.9 Å². The summed E-state index contributed by atoms with van der Waals surface area (Å²) in [5, 5.41) is 0. The van der Waals surface area contributed by atoms with Gasteiger partial charge in [-0.05, 0) is 35.4 Å². The number of aromatic amines is 1. The van der Waals surface area contributed by atoms with Gasteiger partial charge in [0.05, 0.1) is 28.4 Å². The van der Waals surface area contributed by atoms with E-state index in [0.29, 0.717) is 33.8 Å². The summed E-state index contributed by atoms with van der Waals surface area (Å²) in [5.74, 6) is 0.146. The van der Waals surface area contributed by atoms with E-state index in [9.17, 15) is 9.59 Å². The SMILES string of the molecule is COC(=O)c1[nH]c(C(=O)OC)c(-c2ccc(OC)cc2)c1-c1ccc(OC)cc1. The zero-order valence-corrected chi connectivity index (χ0v) is 16.6. The van der Waals surface area contributed by atoms with E-state index in [1.165, 1.54) is 14.2 Å². The Kier molecular flexibility index (Phi) is 5.87. The van der Waals surface area contributed by atoms with Crippen LogP contribution in [-0.4, -0.2) is 45.4 Å². The maximum absolute atomic E-state index is 12.5. The van der Waals surface area contributed by atoms with Gasteiger partial charge in [-0.3, -0.25) is 0 Å². The van der Waals surface area contributed by atoms with Gasteiger partial charge in [-0.1, -0.05) is 24.3 Å². The van der Waals surface area contributed by atoms with Crippen LogP contribution in [0, 0.1) is 0 Å². The second-order valence-corrected chi connectivity index (χ2v) is 6.07. The van der Waals surface area contributed by atoms with E-state index in [1.54, 1.807) is 38.5 Å². The smallest absolute Gasteiger partial charge is 0.355 e. The monoisotopic (exact) mass is 395 g/mol. The highest BCUT2D eigenvalue weighted by Crippen LogP contribution is 2.39. The number of benzene rings is 2. The summed E-state index contributed by atoms with van der Waals surface area (Å²) >= 11 is 0. The fraction of sp³-hybridized carbons (Fsp3) is 0.182. The molecule has 0 aliphatic heterocycles. The van der Waals surface area contributed by atoms with E-state index in [2.05, 4.69) is 4.98 Å². The number of hydrogen-bond donors (Lipinski definition) is 1. The molecule has 0 spiro atoms. The lowest BCUT2D eigenvalue weighted by Gasteiger charge is -2.10. The molecule has 0 radical (unpaired) electrons. The number of hydrogen-bond acceptors (Lipinski definition) is 6. The van der Waals surface area contributed by atoms with Crippen molar-refractivity contribution in [3.8, 4) is 33.8 Å². The highest BCUT2D eigenvalue weighted by molar-refractivity contribution is 6.08. The number of rotatable bonds is 6. The Hall–Kier alpha value is -3.74. The fourth-order valence-corrected chi connectivity index (χ4v) is 3.10. The zero-order chi connectivity index (χ0) is 21.0. The lowest BCUT2D eigenvalue weighted by molar-refractivity contribution is 0.0591. The molecule has 150 valence electrons. The highest BCUT2D eigenvalue weighted by atomic mass is 16.5. The molecule has 3 aromatic rings. The molecule has 29 heavy (non-hydrogen) atoms. The topological polar surface area (TPSA) is 86.9 Å². The predicted molar refractivity (Wildman–Crippen MR) is 107 cm³/mol. The molecule has 0 aliphatic rings. The van der Waals surface area contributed by atoms with Crippen molar-refractivity contribution in [2.24, 2.45) is 0 Å². The highest BCUT2D eigenvalue weighted by Gasteiger charge is 2.28. The van der Waals surface area contributed by atoms with Crippen molar-refractivity contribution in [3.05, 3.63) is 59.9 Å². The van der Waals surface area contributed by atoms with E-state index in [-0.39, 0.29) is 11.4 Å². The number of ether oxygens (including phenoxy) is 4. The standard InChI is InChI=1S/C22H21NO6/c1-26-15-9-5-13(6-10-15)17-18(14-7-11-16(27-2)12-8-14)20(22(25)29-4)23-19(17)21(24)28-3/h5-12,23H,1-4H3. The van der Waals surface area contributed by atoms with Gasteiger partial charge < -0.3 is 23.9 Å². The maximum atomic E-state index is 12.5. The molecule has 1 N–H and O–H groups in total. The predicted octanol–water partition coefficient (Wildman–Crippen LogP) is 3.94. The molecule has 0 fully saturated rings. The molecule has 1 aromatic heterocycles. The van der Waals surface area contributed by atoms with Crippen molar-refractivity contribution < 1.29 is 28.5 Å². The summed E-state index contributed by atoms with van der Waals surface area (Å²) in [6.07, 6.45) is 0. The molecule has 3 rings (SSSR count). The Morgan fingerprint density at radius 2 is 0.966 bits per heavy atom. The van der Waals surface area contributed by atoms with Crippen LogP contribution in [0.1, 0.15) is 21.0 Å². The molecule has 0 saturated carbocycles. The van der Waals surface area contributed by atoms with Gasteiger partial charge in [0.2, 0.25) is 0 Å². The average molecular weight is 395 g/mol. The van der Waals surface area contributed by atoms with Crippen LogP contribution in [0.3, 0.4) is 0 Å². The Labute approximate surface area is 168 Å². The van der Waals surface area contributed by atoms with E-state index >= 15 is 0 Å². The fourth-order valence-electron chi connectivity index (χ4n) is 3.10. The van der Waals surface area contributed by atoms with Crippen LogP contribution in [-0.2, 0) is 9.47 Å². The third-order valence-electron chi connectivity index (χ3n) is 4.54. The van der Waals surface area contributed by atoms with Crippen LogP contribution in [0.2, 0.25) is 0 Å². The van der Waals surface area contributed by atoms with Crippen LogP contribution in [0.4, 0.5) is 0 Å². The molecular formula is C22H21NO6. The third kappa shape index (κ3) is 3.80. The van der Waals surface area contributed by atoms with E-state index in [0.717, 1.165) is 0 Å². The molecule has 7 heteroatoms. The second kappa shape index (κ2) is 8.52. The molecular weight excluding hydrogens is 374 g/mol. The third-order valence-corrected chi connectivity index (χ3v) is 4.54. The van der Waals surface area contributed by atoms with Crippen molar-refractivity contribution in [1.29, 1.82) is 0 Å². The average Bonchev–Trinajstić information content (AvgIpc) is 3.18. The molecule has 0 amide bonds. The van der Waals surface area contributed by atoms with Crippen molar-refractivity contribution in [2.45, 2.75) is 0 Å². The molecule has 0 bridgehead atoms. The first-order valence-electron chi connectivity index (χ1n) is 8.75. The number of aromatic nitrogens is 1. The normalized spacial score (nSPS) is 10.3. The van der Waals surface area contributed by atoms with Gasteiger partial charge in [0.25, 0.3) is 0 Å². The van der Waals surface area contributed by atoms with Gasteiger partial charge in [-0.15, -0.1) is 0 Å². The Morgan fingerprint density at radius 1 is 0.621 bits per heavy atom. The number of H-pyrrole nitrogens is 1. The number of carbonyl (C=O) groups excluding carboxylic acids is 2.